The molecule has 2 aromatic heterocycles. The number of hydrogen-bond acceptors (Lipinski definition) is 7. The number of nitrogens with zero attached hydrogens (tertiary/aromatic N) is 2. The summed E-state index contributed by atoms with van der Waals surface area (Å²) in [4.78, 5) is 35.5. The van der Waals surface area contributed by atoms with E-state index in [1.165, 1.54) is 11.3 Å². The third-order valence-electron chi connectivity index (χ3n) is 5.32. The number of fused-ring (bicyclic) bond motifs is 3. The summed E-state index contributed by atoms with van der Waals surface area (Å²) >= 11 is 4.52. The Morgan fingerprint density at radius 3 is 2.21 bits per heavy atom. The fourth-order valence-electron chi connectivity index (χ4n) is 3.78. The molecular formula is C26H16N2O3S3. The van der Waals surface area contributed by atoms with Crippen molar-refractivity contribution in [1.82, 2.24) is 4.98 Å². The first-order valence-corrected chi connectivity index (χ1v) is 12.9. The maximum Gasteiger partial charge on any atom is 0.348 e. The monoisotopic (exact) mass is 500 g/mol. The van der Waals surface area contributed by atoms with Crippen LogP contribution in [0.4, 0.5) is 11.4 Å². The van der Waals surface area contributed by atoms with E-state index in [0.29, 0.717) is 4.88 Å². The average Bonchev–Trinajstić information content (AvgIpc) is 3.53. The van der Waals surface area contributed by atoms with Crippen molar-refractivity contribution in [2.75, 3.05) is 11.5 Å². The molecule has 166 valence electrons. The van der Waals surface area contributed by atoms with Crippen LogP contribution in [0.5, 0.6) is 0 Å². The lowest BCUT2D eigenvalue weighted by molar-refractivity contribution is -0.121. The molecule has 1 aliphatic heterocycles. The zero-order valence-electron chi connectivity index (χ0n) is 17.6. The zero-order valence-corrected chi connectivity index (χ0v) is 20.1. The Labute approximate surface area is 207 Å². The van der Waals surface area contributed by atoms with E-state index in [1.807, 2.05) is 78.9 Å². The maximum absolute atomic E-state index is 13.2. The van der Waals surface area contributed by atoms with Gasteiger partial charge in [-0.05, 0) is 48.5 Å². The summed E-state index contributed by atoms with van der Waals surface area (Å²) < 4.78 is 6.54. The van der Waals surface area contributed by atoms with Gasteiger partial charge >= 0.3 is 5.97 Å². The molecule has 0 unspecified atom stereocenters. The van der Waals surface area contributed by atoms with Crippen molar-refractivity contribution in [1.29, 1.82) is 0 Å². The van der Waals surface area contributed by atoms with Crippen molar-refractivity contribution in [3.05, 3.63) is 89.8 Å². The van der Waals surface area contributed by atoms with Crippen molar-refractivity contribution in [3.8, 4) is 9.88 Å². The van der Waals surface area contributed by atoms with Crippen molar-refractivity contribution < 1.29 is 14.3 Å². The number of carbonyl (C=O) groups excluding carboxylic acids is 2. The predicted octanol–water partition coefficient (Wildman–Crippen LogP) is 7.01. The van der Waals surface area contributed by atoms with Crippen molar-refractivity contribution in [2.45, 2.75) is 9.79 Å². The Bertz CT molecular complexity index is 1480. The van der Waals surface area contributed by atoms with Crippen LogP contribution < -0.4 is 4.90 Å². The fourth-order valence-corrected chi connectivity index (χ4v) is 6.75. The molecule has 0 bridgehead atoms. The first-order valence-electron chi connectivity index (χ1n) is 10.5. The molecule has 0 aliphatic carbocycles. The number of hydrogen-bond donors (Lipinski definition) is 0. The van der Waals surface area contributed by atoms with Gasteiger partial charge in [-0.1, -0.05) is 48.2 Å². The second-order valence-corrected chi connectivity index (χ2v) is 10.7. The number of thiophene rings is 1. The normalized spacial score (nSPS) is 12.3. The van der Waals surface area contributed by atoms with E-state index < -0.39 is 5.97 Å². The van der Waals surface area contributed by atoms with E-state index >= 15 is 0 Å². The summed E-state index contributed by atoms with van der Waals surface area (Å²) in [5.74, 6) is -0.810. The van der Waals surface area contributed by atoms with Crippen LogP contribution in [-0.4, -0.2) is 23.5 Å². The minimum atomic E-state index is -0.515. The van der Waals surface area contributed by atoms with Crippen LogP contribution in [0.15, 0.2) is 94.7 Å². The Morgan fingerprint density at radius 2 is 1.47 bits per heavy atom. The number of para-hydroxylation sites is 3. The summed E-state index contributed by atoms with van der Waals surface area (Å²) in [6, 6.07) is 27.0. The number of benzene rings is 3. The molecule has 5 nitrogen and oxygen atoms in total. The number of carbonyl (C=O) groups is 2. The lowest BCUT2D eigenvalue weighted by Gasteiger charge is -2.30. The summed E-state index contributed by atoms with van der Waals surface area (Å²) in [6.45, 7) is -0.347. The van der Waals surface area contributed by atoms with Gasteiger partial charge in [0.15, 0.2) is 6.61 Å². The van der Waals surface area contributed by atoms with E-state index in [-0.39, 0.29) is 12.5 Å². The molecule has 5 aromatic rings. The molecule has 8 heteroatoms. The quantitative estimate of drug-likeness (QED) is 0.248. The van der Waals surface area contributed by atoms with E-state index in [0.717, 1.165) is 41.3 Å². The number of rotatable bonds is 4. The maximum atomic E-state index is 13.2. The van der Waals surface area contributed by atoms with Gasteiger partial charge in [-0.15, -0.1) is 22.7 Å². The van der Waals surface area contributed by atoms with E-state index in [9.17, 15) is 9.59 Å². The summed E-state index contributed by atoms with van der Waals surface area (Å²) in [5.41, 5.74) is 2.52. The molecule has 0 fully saturated rings. The Hall–Kier alpha value is -3.46. The summed E-state index contributed by atoms with van der Waals surface area (Å²) in [6.07, 6.45) is 0. The van der Waals surface area contributed by atoms with Gasteiger partial charge in [0.05, 0.1) is 26.5 Å². The highest BCUT2D eigenvalue weighted by molar-refractivity contribution is 7.99. The van der Waals surface area contributed by atoms with Gasteiger partial charge in [-0.25, -0.2) is 9.78 Å². The van der Waals surface area contributed by atoms with Crippen molar-refractivity contribution >= 4 is 67.9 Å². The number of esters is 1. The minimum absolute atomic E-state index is 0.295. The average molecular weight is 501 g/mol. The van der Waals surface area contributed by atoms with E-state index in [4.69, 9.17) is 4.74 Å². The van der Waals surface area contributed by atoms with Crippen LogP contribution >= 0.6 is 34.4 Å². The largest absolute Gasteiger partial charge is 0.451 e. The number of anilines is 2. The van der Waals surface area contributed by atoms with E-state index in [2.05, 4.69) is 4.98 Å². The second-order valence-electron chi connectivity index (χ2n) is 7.49. The topological polar surface area (TPSA) is 59.5 Å². The zero-order chi connectivity index (χ0) is 23.1. The Kier molecular flexibility index (Phi) is 5.41. The third kappa shape index (κ3) is 3.79. The fraction of sp³-hybridized carbons (Fsp3) is 0.0385. The van der Waals surface area contributed by atoms with Crippen LogP contribution in [0, 0.1) is 0 Å². The van der Waals surface area contributed by atoms with E-state index in [1.54, 1.807) is 34.1 Å². The molecule has 6 rings (SSSR count). The Balaban J connectivity index is 1.20. The lowest BCUT2D eigenvalue weighted by Crippen LogP contribution is -2.32. The highest BCUT2D eigenvalue weighted by Gasteiger charge is 2.28. The van der Waals surface area contributed by atoms with Crippen LogP contribution in [0.25, 0.3) is 20.1 Å². The number of thiazole rings is 1. The van der Waals surface area contributed by atoms with Gasteiger partial charge in [-0.2, -0.15) is 0 Å². The predicted molar refractivity (Wildman–Crippen MR) is 137 cm³/mol. The molecule has 0 atom stereocenters. The van der Waals surface area contributed by atoms with Crippen LogP contribution in [0.2, 0.25) is 0 Å². The van der Waals surface area contributed by atoms with Gasteiger partial charge in [-0.3, -0.25) is 9.69 Å². The highest BCUT2D eigenvalue weighted by atomic mass is 32.2. The van der Waals surface area contributed by atoms with Gasteiger partial charge in [0.2, 0.25) is 0 Å². The standard InChI is InChI=1S/C26H16N2O3S3/c29-24(28-17-8-2-5-11-20(17)32-21-12-6-3-9-18(21)28)15-31-26(30)23-14-13-22(33-23)25-27-16-7-1-4-10-19(16)34-25/h1-14H,15H2. The van der Waals surface area contributed by atoms with Crippen molar-refractivity contribution in [2.24, 2.45) is 0 Å². The first kappa shape index (κ1) is 21.1. The molecule has 3 heterocycles. The molecule has 0 radical (unpaired) electrons. The Morgan fingerprint density at radius 1 is 0.794 bits per heavy atom. The summed E-state index contributed by atoms with van der Waals surface area (Å²) in [7, 11) is 0. The number of aromatic nitrogens is 1. The molecule has 1 amide bonds. The molecule has 3 aromatic carbocycles. The third-order valence-corrected chi connectivity index (χ3v) is 8.72. The number of amides is 1. The van der Waals surface area contributed by atoms with Crippen LogP contribution in [-0.2, 0) is 9.53 Å². The molecule has 0 saturated heterocycles. The molecule has 1 aliphatic rings. The van der Waals surface area contributed by atoms with Crippen LogP contribution in [0.1, 0.15) is 9.67 Å². The minimum Gasteiger partial charge on any atom is -0.451 e. The summed E-state index contributed by atoms with van der Waals surface area (Å²) in [5, 5.41) is 0.861. The molecule has 0 spiro atoms. The van der Waals surface area contributed by atoms with Gasteiger partial charge in [0.25, 0.3) is 5.91 Å². The van der Waals surface area contributed by atoms with Gasteiger partial charge < -0.3 is 4.74 Å². The van der Waals surface area contributed by atoms with Gasteiger partial charge in [0.1, 0.15) is 9.88 Å². The van der Waals surface area contributed by atoms with Crippen molar-refractivity contribution in [3.63, 3.8) is 0 Å². The molecular weight excluding hydrogens is 484 g/mol. The first-order chi connectivity index (χ1) is 16.7. The molecule has 0 N–H and O–H groups in total. The highest BCUT2D eigenvalue weighted by Crippen LogP contribution is 2.47. The smallest absolute Gasteiger partial charge is 0.348 e. The SMILES string of the molecule is O=C(OCC(=O)N1c2ccccc2Sc2ccccc21)c1ccc(-c2nc3ccccc3s2)s1. The lowest BCUT2D eigenvalue weighted by atomic mass is 10.2. The molecule has 0 saturated carbocycles. The van der Waals surface area contributed by atoms with Gasteiger partial charge in [0, 0.05) is 9.79 Å². The van der Waals surface area contributed by atoms with Crippen LogP contribution in [0.3, 0.4) is 0 Å². The second kappa shape index (κ2) is 8.72. The number of ether oxygens (including phenoxy) is 1. The molecule has 34 heavy (non-hydrogen) atoms.